The van der Waals surface area contributed by atoms with Gasteiger partial charge < -0.3 is 24.6 Å². The molecular formula is C41H36F2N2O7. The first-order valence-corrected chi connectivity index (χ1v) is 16.7. The highest BCUT2D eigenvalue weighted by atomic mass is 19.1. The first kappa shape index (κ1) is 35.7. The number of aliphatic hydroxyl groups excluding tert-OH is 1. The first-order chi connectivity index (χ1) is 25.2. The smallest absolute Gasteiger partial charge is 0.446 e. The van der Waals surface area contributed by atoms with Crippen molar-refractivity contribution >= 4 is 23.8 Å². The summed E-state index contributed by atoms with van der Waals surface area (Å²) in [6, 6.07) is 34.1. The fraction of sp³-hybridized carbons (Fsp3) is 0.195. The summed E-state index contributed by atoms with van der Waals surface area (Å²) in [7, 11) is 0. The second kappa shape index (κ2) is 16.8. The molecule has 0 saturated carbocycles. The number of halogens is 2. The van der Waals surface area contributed by atoms with E-state index in [0.29, 0.717) is 22.4 Å². The third kappa shape index (κ3) is 8.98. The number of hydrogen-bond acceptors (Lipinski definition) is 8. The summed E-state index contributed by atoms with van der Waals surface area (Å²) < 4.78 is 43.6. The molecular weight excluding hydrogens is 670 g/mol. The Kier molecular flexibility index (Phi) is 11.5. The Bertz CT molecular complexity index is 1940. The SMILES string of the molecule is O=C(OCc1ccccc1)Oc1ccc([C@@H](Nc2ccc(F)cc2)[C@@H](CC[C@H](O)c2ccc(F)cc2)C(=O)N2C(=O)OC[C@@H]2c2ccccc2)cc1. The molecule has 0 unspecified atom stereocenters. The largest absolute Gasteiger partial charge is 0.514 e. The van der Waals surface area contributed by atoms with Gasteiger partial charge in [-0.2, -0.15) is 0 Å². The Labute approximate surface area is 299 Å². The van der Waals surface area contributed by atoms with Gasteiger partial charge in [0.25, 0.3) is 0 Å². The number of cyclic esters (lactones) is 1. The number of carbonyl (C=O) groups is 3. The third-order valence-electron chi connectivity index (χ3n) is 8.83. The Morgan fingerprint density at radius 3 is 2.04 bits per heavy atom. The Morgan fingerprint density at radius 1 is 0.788 bits per heavy atom. The number of nitrogens with one attached hydrogen (secondary N) is 1. The lowest BCUT2D eigenvalue weighted by atomic mass is 9.85. The molecule has 11 heteroatoms. The number of hydrogen-bond donors (Lipinski definition) is 2. The average molecular weight is 707 g/mol. The van der Waals surface area contributed by atoms with Crippen LogP contribution in [-0.4, -0.2) is 34.8 Å². The van der Waals surface area contributed by atoms with Crippen molar-refractivity contribution in [1.29, 1.82) is 0 Å². The summed E-state index contributed by atoms with van der Waals surface area (Å²) in [5.74, 6) is -2.29. The van der Waals surface area contributed by atoms with E-state index in [2.05, 4.69) is 5.32 Å². The van der Waals surface area contributed by atoms with E-state index in [9.17, 15) is 28.3 Å². The number of benzene rings is 5. The fourth-order valence-electron chi connectivity index (χ4n) is 6.11. The van der Waals surface area contributed by atoms with Crippen LogP contribution in [0.25, 0.3) is 0 Å². The molecule has 4 atom stereocenters. The summed E-state index contributed by atoms with van der Waals surface area (Å²) in [4.78, 5) is 41.5. The lowest BCUT2D eigenvalue weighted by molar-refractivity contribution is -0.134. The lowest BCUT2D eigenvalue weighted by Gasteiger charge is -2.32. The van der Waals surface area contributed by atoms with Crippen LogP contribution in [0.15, 0.2) is 133 Å². The molecule has 2 N–H and O–H groups in total. The molecule has 0 aliphatic carbocycles. The van der Waals surface area contributed by atoms with Crippen molar-refractivity contribution < 1.29 is 42.5 Å². The van der Waals surface area contributed by atoms with Crippen LogP contribution in [0.5, 0.6) is 5.75 Å². The van der Waals surface area contributed by atoms with Crippen LogP contribution in [0, 0.1) is 17.6 Å². The first-order valence-electron chi connectivity index (χ1n) is 16.7. The van der Waals surface area contributed by atoms with Crippen LogP contribution in [0.3, 0.4) is 0 Å². The van der Waals surface area contributed by atoms with Gasteiger partial charge in [-0.1, -0.05) is 84.9 Å². The second-order valence-electron chi connectivity index (χ2n) is 12.3. The lowest BCUT2D eigenvalue weighted by Crippen LogP contribution is -2.42. The molecule has 1 aliphatic heterocycles. The molecule has 0 aromatic heterocycles. The molecule has 9 nitrogen and oxygen atoms in total. The highest BCUT2D eigenvalue weighted by Crippen LogP contribution is 2.38. The van der Waals surface area contributed by atoms with E-state index < -0.39 is 53.9 Å². The minimum absolute atomic E-state index is 0.0257. The van der Waals surface area contributed by atoms with Gasteiger partial charge in [-0.05, 0) is 83.6 Å². The minimum atomic E-state index is -1.06. The van der Waals surface area contributed by atoms with Gasteiger partial charge in [-0.15, -0.1) is 0 Å². The molecule has 6 rings (SSSR count). The molecule has 1 heterocycles. The van der Waals surface area contributed by atoms with Crippen LogP contribution < -0.4 is 10.1 Å². The zero-order valence-electron chi connectivity index (χ0n) is 27.9. The van der Waals surface area contributed by atoms with Crippen molar-refractivity contribution in [2.45, 2.75) is 37.6 Å². The molecule has 5 aromatic carbocycles. The quantitative estimate of drug-likeness (QED) is 0.0924. The van der Waals surface area contributed by atoms with Crippen LogP contribution in [0.4, 0.5) is 24.1 Å². The van der Waals surface area contributed by atoms with Gasteiger partial charge in [-0.25, -0.2) is 23.3 Å². The third-order valence-corrected chi connectivity index (χ3v) is 8.83. The second-order valence-corrected chi connectivity index (χ2v) is 12.3. The zero-order valence-corrected chi connectivity index (χ0v) is 27.9. The molecule has 52 heavy (non-hydrogen) atoms. The molecule has 0 radical (unpaired) electrons. The number of ether oxygens (including phenoxy) is 3. The number of anilines is 1. The van der Waals surface area contributed by atoms with Crippen molar-refractivity contribution in [3.8, 4) is 5.75 Å². The Hall–Kier alpha value is -6.07. The maximum atomic E-state index is 14.7. The number of aliphatic hydroxyl groups is 1. The summed E-state index contributed by atoms with van der Waals surface area (Å²) in [6.07, 6.45) is -2.64. The van der Waals surface area contributed by atoms with Gasteiger partial charge in [0.2, 0.25) is 5.91 Å². The highest BCUT2D eigenvalue weighted by molar-refractivity contribution is 5.95. The minimum Gasteiger partial charge on any atom is -0.446 e. The highest BCUT2D eigenvalue weighted by Gasteiger charge is 2.44. The van der Waals surface area contributed by atoms with E-state index in [-0.39, 0.29) is 31.8 Å². The molecule has 5 aromatic rings. The molecule has 1 aliphatic rings. The monoisotopic (exact) mass is 706 g/mol. The fourth-order valence-corrected chi connectivity index (χ4v) is 6.11. The van der Waals surface area contributed by atoms with Gasteiger partial charge in [-0.3, -0.25) is 4.79 Å². The van der Waals surface area contributed by atoms with E-state index >= 15 is 0 Å². The maximum absolute atomic E-state index is 14.7. The van der Waals surface area contributed by atoms with Crippen molar-refractivity contribution in [3.63, 3.8) is 0 Å². The van der Waals surface area contributed by atoms with Gasteiger partial charge in [0.05, 0.1) is 18.1 Å². The topological polar surface area (TPSA) is 114 Å². The number of carbonyl (C=O) groups excluding carboxylic acids is 3. The summed E-state index contributed by atoms with van der Waals surface area (Å²) in [5.41, 5.74) is 3.00. The van der Waals surface area contributed by atoms with Crippen LogP contribution in [0.2, 0.25) is 0 Å². The number of imide groups is 1. The normalized spacial score (nSPS) is 15.6. The number of rotatable bonds is 13. The molecule has 2 amide bonds. The van der Waals surface area contributed by atoms with Crippen molar-refractivity contribution in [2.24, 2.45) is 5.92 Å². The van der Waals surface area contributed by atoms with Gasteiger partial charge in [0, 0.05) is 5.69 Å². The molecule has 0 bridgehead atoms. The summed E-state index contributed by atoms with van der Waals surface area (Å²) in [6.45, 7) is -0.0140. The van der Waals surface area contributed by atoms with Crippen LogP contribution in [-0.2, 0) is 20.9 Å². The average Bonchev–Trinajstić information content (AvgIpc) is 3.56. The summed E-state index contributed by atoms with van der Waals surface area (Å²) >= 11 is 0. The van der Waals surface area contributed by atoms with E-state index in [4.69, 9.17) is 14.2 Å². The van der Waals surface area contributed by atoms with Crippen molar-refractivity contribution in [3.05, 3.63) is 167 Å². The van der Waals surface area contributed by atoms with Gasteiger partial charge >= 0.3 is 12.2 Å². The molecule has 0 spiro atoms. The molecule has 1 fully saturated rings. The standard InChI is InChI=1S/C41H36F2N2O7/c42-31-15-11-29(12-16-31)37(46)24-23-35(39(47)45-36(26-50-40(45)48)28-9-5-2-6-10-28)38(44-33-19-17-32(43)18-20-33)30-13-21-34(22-14-30)52-41(49)51-25-27-7-3-1-4-8-27/h1-22,35-38,44,46H,23-26H2/t35-,36-,37+,38-/m1/s1. The predicted molar refractivity (Wildman–Crippen MR) is 188 cm³/mol. The Morgan fingerprint density at radius 2 is 1.38 bits per heavy atom. The maximum Gasteiger partial charge on any atom is 0.514 e. The van der Waals surface area contributed by atoms with Crippen LogP contribution in [0.1, 0.15) is 53.3 Å². The van der Waals surface area contributed by atoms with E-state index in [1.165, 1.54) is 48.5 Å². The van der Waals surface area contributed by atoms with E-state index in [0.717, 1.165) is 10.5 Å². The zero-order chi connectivity index (χ0) is 36.5. The molecule has 1 saturated heterocycles. The molecule has 266 valence electrons. The number of amides is 2. The summed E-state index contributed by atoms with van der Waals surface area (Å²) in [5, 5.41) is 14.5. The van der Waals surface area contributed by atoms with Gasteiger partial charge in [0.15, 0.2) is 0 Å². The van der Waals surface area contributed by atoms with Crippen molar-refractivity contribution in [1.82, 2.24) is 4.90 Å². The van der Waals surface area contributed by atoms with Crippen molar-refractivity contribution in [2.75, 3.05) is 11.9 Å². The van der Waals surface area contributed by atoms with Crippen LogP contribution >= 0.6 is 0 Å². The Balaban J connectivity index is 1.31. The van der Waals surface area contributed by atoms with E-state index in [1.807, 2.05) is 36.4 Å². The predicted octanol–water partition coefficient (Wildman–Crippen LogP) is 8.68. The number of nitrogens with zero attached hydrogens (tertiary/aromatic N) is 1. The van der Waals surface area contributed by atoms with E-state index in [1.54, 1.807) is 48.5 Å². The van der Waals surface area contributed by atoms with Gasteiger partial charge in [0.1, 0.15) is 36.6 Å².